The highest BCUT2D eigenvalue weighted by molar-refractivity contribution is 9.10. The molecule has 0 bridgehead atoms. The quantitative estimate of drug-likeness (QED) is 0.770. The van der Waals surface area contributed by atoms with Crippen LogP contribution in [0, 0.1) is 0 Å². The predicted octanol–water partition coefficient (Wildman–Crippen LogP) is 3.95. The van der Waals surface area contributed by atoms with Gasteiger partial charge < -0.3 is 9.88 Å². The van der Waals surface area contributed by atoms with E-state index >= 15 is 0 Å². The monoisotopic (exact) mass is 355 g/mol. The van der Waals surface area contributed by atoms with E-state index in [9.17, 15) is 4.79 Å². The Balaban J connectivity index is 1.68. The minimum absolute atomic E-state index is 0.118. The van der Waals surface area contributed by atoms with Crippen molar-refractivity contribution in [3.63, 3.8) is 0 Å². The lowest BCUT2D eigenvalue weighted by molar-refractivity contribution is 0.102. The van der Waals surface area contributed by atoms with Crippen molar-refractivity contribution in [2.45, 2.75) is 6.54 Å². The molecule has 5 heteroatoms. The number of carbonyl (C=O) groups excluding carboxylic acids is 1. The molecule has 3 aromatic rings. The van der Waals surface area contributed by atoms with Crippen LogP contribution in [0.15, 0.2) is 71.7 Å². The summed E-state index contributed by atoms with van der Waals surface area (Å²) in [5.74, 6) is -0.118. The summed E-state index contributed by atoms with van der Waals surface area (Å²) < 4.78 is 2.91. The first kappa shape index (κ1) is 14.5. The lowest BCUT2D eigenvalue weighted by atomic mass is 10.1. The molecule has 2 aromatic carbocycles. The van der Waals surface area contributed by atoms with E-state index in [4.69, 9.17) is 0 Å². The van der Waals surface area contributed by atoms with E-state index in [0.29, 0.717) is 5.56 Å². The number of hydrogen-bond donors (Lipinski definition) is 1. The number of nitrogens with one attached hydrogen (secondary N) is 1. The van der Waals surface area contributed by atoms with Gasteiger partial charge in [0, 0.05) is 34.7 Å². The molecule has 0 aliphatic rings. The normalized spacial score (nSPS) is 10.4. The molecule has 22 heavy (non-hydrogen) atoms. The van der Waals surface area contributed by atoms with Crippen LogP contribution in [0.25, 0.3) is 0 Å². The summed E-state index contributed by atoms with van der Waals surface area (Å²) in [5, 5.41) is 2.88. The first-order valence-corrected chi connectivity index (χ1v) is 7.61. The number of benzene rings is 2. The average Bonchev–Trinajstić information content (AvgIpc) is 3.01. The number of amides is 1. The second kappa shape index (κ2) is 6.58. The maximum absolute atomic E-state index is 12.2. The summed E-state index contributed by atoms with van der Waals surface area (Å²) in [6.07, 6.45) is 5.43. The average molecular weight is 356 g/mol. The van der Waals surface area contributed by atoms with Crippen LogP contribution in [0.2, 0.25) is 0 Å². The molecule has 110 valence electrons. The second-order valence-electron chi connectivity index (χ2n) is 4.90. The molecule has 0 aliphatic carbocycles. The van der Waals surface area contributed by atoms with E-state index in [2.05, 4.69) is 26.2 Å². The molecule has 1 heterocycles. The van der Waals surface area contributed by atoms with Crippen LogP contribution in [-0.2, 0) is 6.54 Å². The Morgan fingerprint density at radius 1 is 1.18 bits per heavy atom. The number of nitrogens with zero attached hydrogens (tertiary/aromatic N) is 2. The largest absolute Gasteiger partial charge is 0.333 e. The van der Waals surface area contributed by atoms with Crippen LogP contribution in [0.5, 0.6) is 0 Å². The molecule has 0 atom stereocenters. The molecule has 0 saturated heterocycles. The van der Waals surface area contributed by atoms with E-state index in [1.54, 1.807) is 12.5 Å². The zero-order chi connectivity index (χ0) is 15.4. The molecular weight excluding hydrogens is 342 g/mol. The first-order chi connectivity index (χ1) is 10.7. The molecule has 0 radical (unpaired) electrons. The van der Waals surface area contributed by atoms with E-state index < -0.39 is 0 Å². The third-order valence-corrected chi connectivity index (χ3v) is 3.72. The number of rotatable bonds is 4. The van der Waals surface area contributed by atoms with Crippen molar-refractivity contribution in [3.05, 3.63) is 82.9 Å². The van der Waals surface area contributed by atoms with Crippen LogP contribution in [0.3, 0.4) is 0 Å². The lowest BCUT2D eigenvalue weighted by Crippen LogP contribution is -2.11. The topological polar surface area (TPSA) is 46.9 Å². The van der Waals surface area contributed by atoms with Gasteiger partial charge in [0.1, 0.15) is 0 Å². The Morgan fingerprint density at radius 3 is 2.68 bits per heavy atom. The van der Waals surface area contributed by atoms with Gasteiger partial charge in [-0.1, -0.05) is 34.1 Å². The fourth-order valence-corrected chi connectivity index (χ4v) is 2.52. The van der Waals surface area contributed by atoms with Gasteiger partial charge in [-0.05, 0) is 35.9 Å². The second-order valence-corrected chi connectivity index (χ2v) is 5.81. The molecule has 4 nitrogen and oxygen atoms in total. The highest BCUT2D eigenvalue weighted by Gasteiger charge is 2.06. The maximum atomic E-state index is 12.2. The summed E-state index contributed by atoms with van der Waals surface area (Å²) in [7, 11) is 0. The van der Waals surface area contributed by atoms with Gasteiger partial charge in [0.15, 0.2) is 0 Å². The van der Waals surface area contributed by atoms with Crippen LogP contribution in [-0.4, -0.2) is 15.5 Å². The lowest BCUT2D eigenvalue weighted by Gasteiger charge is -2.07. The van der Waals surface area contributed by atoms with Crippen LogP contribution >= 0.6 is 15.9 Å². The molecule has 0 saturated carbocycles. The number of aromatic nitrogens is 2. The molecule has 1 aromatic heterocycles. The molecular formula is C17H14BrN3O. The van der Waals surface area contributed by atoms with E-state index in [1.807, 2.05) is 59.3 Å². The number of anilines is 1. The van der Waals surface area contributed by atoms with Gasteiger partial charge >= 0.3 is 0 Å². The van der Waals surface area contributed by atoms with E-state index in [1.165, 1.54) is 0 Å². The number of imidazole rings is 1. The molecule has 3 rings (SSSR count). The maximum Gasteiger partial charge on any atom is 0.255 e. The van der Waals surface area contributed by atoms with E-state index in [0.717, 1.165) is 22.3 Å². The molecule has 1 amide bonds. The third kappa shape index (κ3) is 3.62. The fraction of sp³-hybridized carbons (Fsp3) is 0.0588. The van der Waals surface area contributed by atoms with Gasteiger partial charge in [0.05, 0.1) is 6.33 Å². The summed E-state index contributed by atoms with van der Waals surface area (Å²) >= 11 is 3.39. The van der Waals surface area contributed by atoms with Crippen molar-refractivity contribution in [1.82, 2.24) is 9.55 Å². The van der Waals surface area contributed by atoms with Gasteiger partial charge in [-0.25, -0.2) is 4.98 Å². The van der Waals surface area contributed by atoms with Crippen LogP contribution in [0.4, 0.5) is 5.69 Å². The predicted molar refractivity (Wildman–Crippen MR) is 89.9 cm³/mol. The third-order valence-electron chi connectivity index (χ3n) is 3.22. The van der Waals surface area contributed by atoms with Gasteiger partial charge in [-0.2, -0.15) is 0 Å². The Kier molecular flexibility index (Phi) is 4.34. The molecule has 0 aliphatic heterocycles. The van der Waals surface area contributed by atoms with E-state index in [-0.39, 0.29) is 5.91 Å². The van der Waals surface area contributed by atoms with Crippen molar-refractivity contribution in [3.8, 4) is 0 Å². The molecule has 0 unspecified atom stereocenters. The minimum Gasteiger partial charge on any atom is -0.333 e. The molecule has 0 fully saturated rings. The Bertz CT molecular complexity index is 767. The zero-order valence-electron chi connectivity index (χ0n) is 11.7. The van der Waals surface area contributed by atoms with Crippen LogP contribution < -0.4 is 5.32 Å². The number of halogens is 1. The zero-order valence-corrected chi connectivity index (χ0v) is 13.3. The van der Waals surface area contributed by atoms with Crippen molar-refractivity contribution in [2.24, 2.45) is 0 Å². The SMILES string of the molecule is O=C(Nc1cccc(Br)c1)c1ccc(Cn2ccnc2)cc1. The molecule has 0 spiro atoms. The number of carbonyl (C=O) groups is 1. The Hall–Kier alpha value is -2.40. The van der Waals surface area contributed by atoms with Crippen molar-refractivity contribution < 1.29 is 4.79 Å². The fourth-order valence-electron chi connectivity index (χ4n) is 2.12. The highest BCUT2D eigenvalue weighted by Crippen LogP contribution is 2.16. The van der Waals surface area contributed by atoms with Crippen LogP contribution in [0.1, 0.15) is 15.9 Å². The van der Waals surface area contributed by atoms with Crippen molar-refractivity contribution in [1.29, 1.82) is 0 Å². The standard InChI is InChI=1S/C17H14BrN3O/c18-15-2-1-3-16(10-15)20-17(22)14-6-4-13(5-7-14)11-21-9-8-19-12-21/h1-10,12H,11H2,(H,20,22). The van der Waals surface area contributed by atoms with Gasteiger partial charge in [0.2, 0.25) is 0 Å². The molecule has 1 N–H and O–H groups in total. The first-order valence-electron chi connectivity index (χ1n) is 6.82. The number of hydrogen-bond acceptors (Lipinski definition) is 2. The summed E-state index contributed by atoms with van der Waals surface area (Å²) in [6.45, 7) is 0.744. The Labute approximate surface area is 136 Å². The summed E-state index contributed by atoms with van der Waals surface area (Å²) in [5.41, 5.74) is 2.52. The highest BCUT2D eigenvalue weighted by atomic mass is 79.9. The Morgan fingerprint density at radius 2 is 2.00 bits per heavy atom. The summed E-state index contributed by atoms with van der Waals surface area (Å²) in [4.78, 5) is 16.2. The summed E-state index contributed by atoms with van der Waals surface area (Å²) in [6, 6.07) is 15.1. The van der Waals surface area contributed by atoms with Crippen molar-refractivity contribution in [2.75, 3.05) is 5.32 Å². The van der Waals surface area contributed by atoms with Gasteiger partial charge in [-0.3, -0.25) is 4.79 Å². The van der Waals surface area contributed by atoms with Gasteiger partial charge in [-0.15, -0.1) is 0 Å². The minimum atomic E-state index is -0.118. The van der Waals surface area contributed by atoms with Crippen molar-refractivity contribution >= 4 is 27.5 Å². The van der Waals surface area contributed by atoms with Gasteiger partial charge in [0.25, 0.3) is 5.91 Å². The smallest absolute Gasteiger partial charge is 0.255 e.